The average Bonchev–Trinajstić information content (AvgIpc) is 2.46. The largest absolute Gasteiger partial charge is 0.462 e. The molecular weight excluding hydrogens is 242 g/mol. The zero-order valence-electron chi connectivity index (χ0n) is 11.5. The fraction of sp³-hybridized carbons (Fsp3) is 0.467. The number of carbonyl (C=O) groups excluding carboxylic acids is 2. The van der Waals surface area contributed by atoms with E-state index < -0.39 is 0 Å². The van der Waals surface area contributed by atoms with Crippen molar-refractivity contribution in [3.05, 3.63) is 35.9 Å². The molecule has 0 aliphatic rings. The molecule has 0 saturated carbocycles. The van der Waals surface area contributed by atoms with E-state index in [0.29, 0.717) is 12.2 Å². The molecule has 0 aliphatic carbocycles. The van der Waals surface area contributed by atoms with Gasteiger partial charge in [-0.15, -0.1) is 0 Å². The van der Waals surface area contributed by atoms with Crippen molar-refractivity contribution in [2.45, 2.75) is 26.2 Å². The number of carbonyl (C=O) groups is 2. The molecule has 4 heteroatoms. The highest BCUT2D eigenvalue weighted by Crippen LogP contribution is 2.08. The van der Waals surface area contributed by atoms with Gasteiger partial charge in [0.1, 0.15) is 0 Å². The van der Waals surface area contributed by atoms with Crippen LogP contribution in [0.2, 0.25) is 0 Å². The van der Waals surface area contributed by atoms with Gasteiger partial charge in [-0.3, -0.25) is 4.79 Å². The number of unbranched alkanes of at least 4 members (excludes halogenated alkanes) is 1. The zero-order chi connectivity index (χ0) is 14.1. The van der Waals surface area contributed by atoms with Crippen LogP contribution in [0.15, 0.2) is 30.3 Å². The Bertz CT molecular complexity index is 403. The third-order valence-corrected chi connectivity index (χ3v) is 2.97. The van der Waals surface area contributed by atoms with E-state index in [-0.39, 0.29) is 17.8 Å². The molecule has 0 radical (unpaired) electrons. The number of benzene rings is 1. The second-order valence-electron chi connectivity index (χ2n) is 4.51. The van der Waals surface area contributed by atoms with Crippen molar-refractivity contribution in [1.82, 2.24) is 5.32 Å². The molecule has 0 spiro atoms. The SMILES string of the molecule is CNC(=O)C(C)CCCCOC(=O)c1ccccc1. The van der Waals surface area contributed by atoms with Gasteiger partial charge in [0.05, 0.1) is 12.2 Å². The minimum atomic E-state index is -0.292. The van der Waals surface area contributed by atoms with E-state index in [1.165, 1.54) is 0 Å². The second-order valence-corrected chi connectivity index (χ2v) is 4.51. The van der Waals surface area contributed by atoms with E-state index in [9.17, 15) is 9.59 Å². The van der Waals surface area contributed by atoms with Gasteiger partial charge in [-0.1, -0.05) is 25.1 Å². The van der Waals surface area contributed by atoms with Crippen LogP contribution in [-0.2, 0) is 9.53 Å². The van der Waals surface area contributed by atoms with Crippen LogP contribution in [0.3, 0.4) is 0 Å². The Kier molecular flexibility index (Phi) is 6.64. The smallest absolute Gasteiger partial charge is 0.338 e. The van der Waals surface area contributed by atoms with Crippen LogP contribution in [0.1, 0.15) is 36.5 Å². The fourth-order valence-electron chi connectivity index (χ4n) is 1.75. The number of nitrogens with one attached hydrogen (secondary N) is 1. The summed E-state index contributed by atoms with van der Waals surface area (Å²) < 4.78 is 5.16. The lowest BCUT2D eigenvalue weighted by atomic mass is 10.0. The number of ether oxygens (including phenoxy) is 1. The molecule has 0 fully saturated rings. The zero-order valence-corrected chi connectivity index (χ0v) is 11.5. The molecule has 0 saturated heterocycles. The first-order valence-electron chi connectivity index (χ1n) is 6.59. The third-order valence-electron chi connectivity index (χ3n) is 2.97. The molecule has 1 atom stereocenters. The van der Waals surface area contributed by atoms with Gasteiger partial charge in [0.25, 0.3) is 0 Å². The summed E-state index contributed by atoms with van der Waals surface area (Å²) in [4.78, 5) is 22.9. The molecule has 104 valence electrons. The number of hydrogen-bond acceptors (Lipinski definition) is 3. The molecule has 0 bridgehead atoms. The van der Waals surface area contributed by atoms with Crippen molar-refractivity contribution in [2.24, 2.45) is 5.92 Å². The summed E-state index contributed by atoms with van der Waals surface area (Å²) in [5, 5.41) is 2.62. The summed E-state index contributed by atoms with van der Waals surface area (Å²) in [7, 11) is 1.64. The Hall–Kier alpha value is -1.84. The maximum atomic E-state index is 11.6. The summed E-state index contributed by atoms with van der Waals surface area (Å²) in [5.74, 6) is -0.226. The van der Waals surface area contributed by atoms with E-state index in [4.69, 9.17) is 4.74 Å². The number of esters is 1. The van der Waals surface area contributed by atoms with Crippen LogP contribution in [0.5, 0.6) is 0 Å². The first-order valence-corrected chi connectivity index (χ1v) is 6.59. The molecule has 0 aliphatic heterocycles. The molecule has 1 aromatic rings. The molecule has 1 amide bonds. The standard InChI is InChI=1S/C15H21NO3/c1-12(14(17)16-2)8-6-7-11-19-15(18)13-9-4-3-5-10-13/h3-5,9-10,12H,6-8,11H2,1-2H3,(H,16,17). The van der Waals surface area contributed by atoms with Crippen LogP contribution >= 0.6 is 0 Å². The Morgan fingerprint density at radius 2 is 1.89 bits per heavy atom. The lowest BCUT2D eigenvalue weighted by Gasteiger charge is -2.09. The average molecular weight is 263 g/mol. The number of rotatable bonds is 7. The lowest BCUT2D eigenvalue weighted by Crippen LogP contribution is -2.25. The van der Waals surface area contributed by atoms with Crippen molar-refractivity contribution < 1.29 is 14.3 Å². The fourth-order valence-corrected chi connectivity index (χ4v) is 1.75. The Balaban J connectivity index is 2.15. The molecule has 0 heterocycles. The number of hydrogen-bond donors (Lipinski definition) is 1. The Morgan fingerprint density at radius 3 is 2.53 bits per heavy atom. The van der Waals surface area contributed by atoms with Crippen LogP contribution in [0, 0.1) is 5.92 Å². The molecule has 4 nitrogen and oxygen atoms in total. The highest BCUT2D eigenvalue weighted by molar-refractivity contribution is 5.89. The van der Waals surface area contributed by atoms with E-state index >= 15 is 0 Å². The van der Waals surface area contributed by atoms with Crippen molar-refractivity contribution >= 4 is 11.9 Å². The van der Waals surface area contributed by atoms with Crippen molar-refractivity contribution in [3.8, 4) is 0 Å². The predicted octanol–water partition coefficient (Wildman–Crippen LogP) is 2.40. The molecule has 1 N–H and O–H groups in total. The molecule has 1 rings (SSSR count). The summed E-state index contributed by atoms with van der Waals surface area (Å²) in [6.07, 6.45) is 2.46. The normalized spacial score (nSPS) is 11.7. The quantitative estimate of drug-likeness (QED) is 0.607. The first kappa shape index (κ1) is 15.2. The molecule has 19 heavy (non-hydrogen) atoms. The van der Waals surface area contributed by atoms with Gasteiger partial charge < -0.3 is 10.1 Å². The Labute approximate surface area is 114 Å². The molecule has 0 aromatic heterocycles. The monoisotopic (exact) mass is 263 g/mol. The number of amides is 1. The van der Waals surface area contributed by atoms with Crippen molar-refractivity contribution in [1.29, 1.82) is 0 Å². The van der Waals surface area contributed by atoms with Gasteiger partial charge in [0.2, 0.25) is 5.91 Å². The van der Waals surface area contributed by atoms with Crippen LogP contribution in [0.4, 0.5) is 0 Å². The maximum absolute atomic E-state index is 11.6. The van der Waals surface area contributed by atoms with Crippen LogP contribution < -0.4 is 5.32 Å². The van der Waals surface area contributed by atoms with Gasteiger partial charge in [0, 0.05) is 13.0 Å². The topological polar surface area (TPSA) is 55.4 Å². The first-order chi connectivity index (χ1) is 9.15. The van der Waals surface area contributed by atoms with Gasteiger partial charge in [-0.2, -0.15) is 0 Å². The summed E-state index contributed by atoms with van der Waals surface area (Å²) >= 11 is 0. The molecular formula is C15H21NO3. The van der Waals surface area contributed by atoms with E-state index in [2.05, 4.69) is 5.32 Å². The van der Waals surface area contributed by atoms with Gasteiger partial charge in [-0.25, -0.2) is 4.79 Å². The third kappa shape index (κ3) is 5.55. The summed E-state index contributed by atoms with van der Waals surface area (Å²) in [6.45, 7) is 2.29. The second kappa shape index (κ2) is 8.29. The van der Waals surface area contributed by atoms with E-state index in [1.807, 2.05) is 25.1 Å². The highest BCUT2D eigenvalue weighted by Gasteiger charge is 2.10. The van der Waals surface area contributed by atoms with Crippen molar-refractivity contribution in [2.75, 3.05) is 13.7 Å². The minimum absolute atomic E-state index is 0.00910. The van der Waals surface area contributed by atoms with Gasteiger partial charge in [0.15, 0.2) is 0 Å². The van der Waals surface area contributed by atoms with E-state index in [0.717, 1.165) is 19.3 Å². The molecule has 1 aromatic carbocycles. The van der Waals surface area contributed by atoms with E-state index in [1.54, 1.807) is 19.2 Å². The molecule has 1 unspecified atom stereocenters. The van der Waals surface area contributed by atoms with Crippen molar-refractivity contribution in [3.63, 3.8) is 0 Å². The Morgan fingerprint density at radius 1 is 1.21 bits per heavy atom. The van der Waals surface area contributed by atoms with Crippen LogP contribution in [0.25, 0.3) is 0 Å². The van der Waals surface area contributed by atoms with Gasteiger partial charge in [-0.05, 0) is 31.4 Å². The summed E-state index contributed by atoms with van der Waals surface area (Å²) in [5.41, 5.74) is 0.571. The minimum Gasteiger partial charge on any atom is -0.462 e. The van der Waals surface area contributed by atoms with Crippen LogP contribution in [-0.4, -0.2) is 25.5 Å². The lowest BCUT2D eigenvalue weighted by molar-refractivity contribution is -0.124. The highest BCUT2D eigenvalue weighted by atomic mass is 16.5. The maximum Gasteiger partial charge on any atom is 0.338 e. The predicted molar refractivity (Wildman–Crippen MR) is 73.8 cm³/mol. The van der Waals surface area contributed by atoms with Gasteiger partial charge >= 0.3 is 5.97 Å². The summed E-state index contributed by atoms with van der Waals surface area (Å²) in [6, 6.07) is 8.94.